The topological polar surface area (TPSA) is 76.1 Å². The van der Waals surface area contributed by atoms with Crippen molar-refractivity contribution < 1.29 is 13.2 Å². The number of sulfone groups is 1. The normalized spacial score (nSPS) is 11.4. The van der Waals surface area contributed by atoms with Crippen LogP contribution in [0.15, 0.2) is 47.5 Å². The molecule has 0 spiro atoms. The summed E-state index contributed by atoms with van der Waals surface area (Å²) >= 11 is 13.4. The molecule has 0 radical (unpaired) electrons. The first-order valence-corrected chi connectivity index (χ1v) is 11.6. The SMILES string of the molecule is Cc1ccc(Cc2cnc(NC(=O)c3ccc(Cl)c(S(C)(=O)=O)c3)s2)cc1Cl. The molecule has 146 valence electrons. The lowest BCUT2D eigenvalue weighted by atomic mass is 10.1. The molecule has 5 nitrogen and oxygen atoms in total. The maximum absolute atomic E-state index is 12.5. The number of aromatic nitrogens is 1. The number of amides is 1. The lowest BCUT2D eigenvalue weighted by Gasteiger charge is -2.06. The quantitative estimate of drug-likeness (QED) is 0.587. The van der Waals surface area contributed by atoms with Crippen LogP contribution < -0.4 is 5.32 Å². The number of thiazole rings is 1. The van der Waals surface area contributed by atoms with Gasteiger partial charge < -0.3 is 0 Å². The van der Waals surface area contributed by atoms with Gasteiger partial charge >= 0.3 is 0 Å². The van der Waals surface area contributed by atoms with Crippen LogP contribution in [0.2, 0.25) is 10.0 Å². The zero-order valence-corrected chi connectivity index (χ0v) is 18.1. The standard InChI is InChI=1S/C19H16Cl2N2O3S2/c1-11-3-4-12(8-16(11)21)7-14-10-22-19(27-14)23-18(24)13-5-6-15(20)17(9-13)28(2,25)26/h3-6,8-10H,7H2,1-2H3,(H,22,23,24). The molecule has 1 aromatic heterocycles. The highest BCUT2D eigenvalue weighted by Crippen LogP contribution is 2.26. The average Bonchev–Trinajstić information content (AvgIpc) is 3.04. The molecule has 0 aliphatic rings. The zero-order chi connectivity index (χ0) is 20.5. The Kier molecular flexibility index (Phi) is 6.09. The highest BCUT2D eigenvalue weighted by atomic mass is 35.5. The van der Waals surface area contributed by atoms with Gasteiger partial charge in [-0.15, -0.1) is 11.3 Å². The molecule has 0 saturated heterocycles. The maximum atomic E-state index is 12.5. The van der Waals surface area contributed by atoms with Crippen molar-refractivity contribution in [2.24, 2.45) is 0 Å². The molecular weight excluding hydrogens is 439 g/mol. The van der Waals surface area contributed by atoms with Crippen LogP contribution in [-0.2, 0) is 16.3 Å². The molecule has 1 amide bonds. The second-order valence-corrected chi connectivity index (χ2v) is 10.2. The van der Waals surface area contributed by atoms with Gasteiger partial charge in [0.1, 0.15) is 0 Å². The molecule has 0 saturated carbocycles. The monoisotopic (exact) mass is 454 g/mol. The van der Waals surface area contributed by atoms with Crippen LogP contribution in [0.3, 0.4) is 0 Å². The Hall–Kier alpha value is -1.93. The van der Waals surface area contributed by atoms with Crippen molar-refractivity contribution in [3.05, 3.63) is 74.2 Å². The van der Waals surface area contributed by atoms with Gasteiger partial charge in [0.15, 0.2) is 15.0 Å². The summed E-state index contributed by atoms with van der Waals surface area (Å²) < 4.78 is 23.5. The van der Waals surface area contributed by atoms with E-state index in [1.165, 1.54) is 29.5 Å². The number of hydrogen-bond donors (Lipinski definition) is 1. The van der Waals surface area contributed by atoms with E-state index in [0.717, 1.165) is 22.3 Å². The first kappa shape index (κ1) is 20.8. The molecule has 1 N–H and O–H groups in total. The third kappa shape index (κ3) is 4.91. The summed E-state index contributed by atoms with van der Waals surface area (Å²) in [5.41, 5.74) is 2.25. The minimum absolute atomic E-state index is 0.0762. The minimum Gasteiger partial charge on any atom is -0.298 e. The van der Waals surface area contributed by atoms with Gasteiger partial charge in [-0.25, -0.2) is 13.4 Å². The largest absolute Gasteiger partial charge is 0.298 e. The predicted molar refractivity (Wildman–Crippen MR) is 114 cm³/mol. The lowest BCUT2D eigenvalue weighted by molar-refractivity contribution is 0.102. The van der Waals surface area contributed by atoms with E-state index in [-0.39, 0.29) is 15.5 Å². The van der Waals surface area contributed by atoms with Crippen molar-refractivity contribution in [3.8, 4) is 0 Å². The molecule has 9 heteroatoms. The number of nitrogens with one attached hydrogen (secondary N) is 1. The molecule has 0 aliphatic heterocycles. The number of hydrogen-bond acceptors (Lipinski definition) is 5. The van der Waals surface area contributed by atoms with Crippen LogP contribution in [-0.4, -0.2) is 25.6 Å². The molecule has 0 bridgehead atoms. The Labute approximate surface area is 177 Å². The Morgan fingerprint density at radius 3 is 2.57 bits per heavy atom. The molecule has 3 rings (SSSR count). The van der Waals surface area contributed by atoms with Crippen LogP contribution in [0.1, 0.15) is 26.4 Å². The summed E-state index contributed by atoms with van der Waals surface area (Å²) in [5, 5.41) is 3.90. The van der Waals surface area contributed by atoms with Crippen molar-refractivity contribution in [2.75, 3.05) is 11.6 Å². The Morgan fingerprint density at radius 1 is 1.14 bits per heavy atom. The van der Waals surface area contributed by atoms with E-state index in [4.69, 9.17) is 23.2 Å². The number of rotatable bonds is 5. The van der Waals surface area contributed by atoms with Gasteiger partial charge in [-0.1, -0.05) is 35.3 Å². The van der Waals surface area contributed by atoms with Gasteiger partial charge in [0.2, 0.25) is 0 Å². The first-order chi connectivity index (χ1) is 13.1. The van der Waals surface area contributed by atoms with Gasteiger partial charge in [-0.05, 0) is 42.3 Å². The summed E-state index contributed by atoms with van der Waals surface area (Å²) in [6.07, 6.45) is 3.38. The number of aryl methyl sites for hydroxylation is 1. The zero-order valence-electron chi connectivity index (χ0n) is 15.0. The number of carbonyl (C=O) groups is 1. The van der Waals surface area contributed by atoms with Gasteiger partial charge in [0.05, 0.1) is 9.92 Å². The second kappa shape index (κ2) is 8.21. The summed E-state index contributed by atoms with van der Waals surface area (Å²) in [6, 6.07) is 9.99. The summed E-state index contributed by atoms with van der Waals surface area (Å²) in [6.45, 7) is 1.94. The van der Waals surface area contributed by atoms with Crippen LogP contribution in [0.4, 0.5) is 5.13 Å². The van der Waals surface area contributed by atoms with Crippen LogP contribution in [0.25, 0.3) is 0 Å². The van der Waals surface area contributed by atoms with Crippen LogP contribution in [0.5, 0.6) is 0 Å². The molecule has 28 heavy (non-hydrogen) atoms. The Morgan fingerprint density at radius 2 is 1.89 bits per heavy atom. The van der Waals surface area contributed by atoms with E-state index < -0.39 is 15.7 Å². The van der Waals surface area contributed by atoms with E-state index in [9.17, 15) is 13.2 Å². The van der Waals surface area contributed by atoms with Gasteiger partial charge in [-0.3, -0.25) is 10.1 Å². The van der Waals surface area contributed by atoms with Gasteiger partial charge in [-0.2, -0.15) is 0 Å². The average molecular weight is 455 g/mol. The van der Waals surface area contributed by atoms with Crippen molar-refractivity contribution in [1.29, 1.82) is 0 Å². The molecule has 2 aromatic carbocycles. The second-order valence-electron chi connectivity index (χ2n) is 6.26. The smallest absolute Gasteiger partial charge is 0.257 e. The minimum atomic E-state index is -3.54. The van der Waals surface area contributed by atoms with E-state index in [1.54, 1.807) is 6.20 Å². The number of carbonyl (C=O) groups excluding carboxylic acids is 1. The number of halogens is 2. The van der Waals surface area contributed by atoms with Crippen molar-refractivity contribution >= 4 is 55.4 Å². The fraction of sp³-hybridized carbons (Fsp3) is 0.158. The maximum Gasteiger partial charge on any atom is 0.257 e. The third-order valence-corrected chi connectivity index (χ3v) is 6.88. The third-order valence-electron chi connectivity index (χ3n) is 3.98. The van der Waals surface area contributed by atoms with E-state index in [2.05, 4.69) is 10.3 Å². The number of nitrogens with zero attached hydrogens (tertiary/aromatic N) is 1. The van der Waals surface area contributed by atoms with Gasteiger partial charge in [0, 0.05) is 34.3 Å². The van der Waals surface area contributed by atoms with E-state index in [1.807, 2.05) is 25.1 Å². The Bertz CT molecular complexity index is 1160. The van der Waals surface area contributed by atoms with Crippen molar-refractivity contribution in [3.63, 3.8) is 0 Å². The molecule has 0 atom stereocenters. The molecule has 3 aromatic rings. The summed E-state index contributed by atoms with van der Waals surface area (Å²) in [5.74, 6) is -0.458. The Balaban J connectivity index is 1.74. The van der Waals surface area contributed by atoms with Crippen molar-refractivity contribution in [2.45, 2.75) is 18.2 Å². The first-order valence-electron chi connectivity index (χ1n) is 8.14. The highest BCUT2D eigenvalue weighted by Gasteiger charge is 2.17. The fourth-order valence-corrected chi connectivity index (χ4v) is 4.84. The fourth-order valence-electron chi connectivity index (χ4n) is 2.49. The summed E-state index contributed by atoms with van der Waals surface area (Å²) in [7, 11) is -3.54. The molecule has 1 heterocycles. The van der Waals surface area contributed by atoms with E-state index >= 15 is 0 Å². The number of benzene rings is 2. The predicted octanol–water partition coefficient (Wildman–Crippen LogP) is 5.00. The molecule has 0 fully saturated rings. The number of anilines is 1. The molecular formula is C19H16Cl2N2O3S2. The molecule has 0 unspecified atom stereocenters. The van der Waals surface area contributed by atoms with Crippen LogP contribution in [0, 0.1) is 6.92 Å². The highest BCUT2D eigenvalue weighted by molar-refractivity contribution is 7.90. The summed E-state index contributed by atoms with van der Waals surface area (Å²) in [4.78, 5) is 17.5. The lowest BCUT2D eigenvalue weighted by Crippen LogP contribution is -2.12. The van der Waals surface area contributed by atoms with Crippen molar-refractivity contribution in [1.82, 2.24) is 4.98 Å². The van der Waals surface area contributed by atoms with Crippen LogP contribution >= 0.6 is 34.5 Å². The molecule has 0 aliphatic carbocycles. The van der Waals surface area contributed by atoms with Gasteiger partial charge in [0.25, 0.3) is 5.91 Å². The van der Waals surface area contributed by atoms with E-state index in [0.29, 0.717) is 16.6 Å².